The van der Waals surface area contributed by atoms with Crippen molar-refractivity contribution in [3.63, 3.8) is 0 Å². The van der Waals surface area contributed by atoms with E-state index in [2.05, 4.69) is 18.9 Å². The van der Waals surface area contributed by atoms with Crippen molar-refractivity contribution >= 4 is 29.4 Å². The van der Waals surface area contributed by atoms with Gasteiger partial charge in [0.2, 0.25) is 0 Å². The first kappa shape index (κ1) is 22.1. The highest BCUT2D eigenvalue weighted by atomic mass is 16.5. The topological polar surface area (TPSA) is 88.4 Å². The van der Waals surface area contributed by atoms with Crippen LogP contribution in [0.15, 0.2) is 53.1 Å². The Balaban J connectivity index is 1.86. The molecule has 1 amide bonds. The number of carboxylic acids is 1. The molecule has 31 heavy (non-hydrogen) atoms. The van der Waals surface area contributed by atoms with Crippen molar-refractivity contribution in [2.75, 3.05) is 18.2 Å². The van der Waals surface area contributed by atoms with E-state index >= 15 is 0 Å². The van der Waals surface area contributed by atoms with E-state index in [0.717, 1.165) is 5.56 Å². The van der Waals surface area contributed by atoms with E-state index in [-0.39, 0.29) is 11.5 Å². The Morgan fingerprint density at radius 2 is 1.84 bits per heavy atom. The normalized spacial score (nSPS) is 14.9. The summed E-state index contributed by atoms with van der Waals surface area (Å²) in [6, 6.07) is 11.6. The summed E-state index contributed by atoms with van der Waals surface area (Å²) in [6.07, 6.45) is 1.77. The SMILES string of the molecule is CCOc1cc(/C=C2/C(=O)N(c3ccc(C(=O)O)cc3)N=C2C)ccc1OCC(C)C. The molecule has 162 valence electrons. The second kappa shape index (κ2) is 9.47. The van der Waals surface area contributed by atoms with Gasteiger partial charge in [-0.05, 0) is 67.8 Å². The maximum atomic E-state index is 13.0. The Bertz CT molecular complexity index is 1040. The zero-order chi connectivity index (χ0) is 22.5. The maximum Gasteiger partial charge on any atom is 0.335 e. The summed E-state index contributed by atoms with van der Waals surface area (Å²) in [4.78, 5) is 24.0. The molecule has 7 nitrogen and oxygen atoms in total. The summed E-state index contributed by atoms with van der Waals surface area (Å²) in [5.74, 6) is 0.380. The quantitative estimate of drug-likeness (QED) is 0.627. The van der Waals surface area contributed by atoms with E-state index < -0.39 is 5.97 Å². The van der Waals surface area contributed by atoms with Gasteiger partial charge in [-0.1, -0.05) is 19.9 Å². The molecule has 2 aromatic rings. The third kappa shape index (κ3) is 5.12. The number of benzene rings is 2. The summed E-state index contributed by atoms with van der Waals surface area (Å²) in [5.41, 5.74) is 2.48. The number of carbonyl (C=O) groups is 2. The summed E-state index contributed by atoms with van der Waals surface area (Å²) in [6.45, 7) is 8.90. The lowest BCUT2D eigenvalue weighted by Gasteiger charge is -2.14. The van der Waals surface area contributed by atoms with Crippen LogP contribution in [0.5, 0.6) is 11.5 Å². The number of amides is 1. The Hall–Kier alpha value is -3.61. The van der Waals surface area contributed by atoms with E-state index in [1.165, 1.54) is 17.1 Å². The van der Waals surface area contributed by atoms with Crippen LogP contribution in [0, 0.1) is 5.92 Å². The van der Waals surface area contributed by atoms with Crippen molar-refractivity contribution in [3.05, 3.63) is 59.2 Å². The standard InChI is InChI=1S/C24H26N2O5/c1-5-30-22-13-17(6-11-21(22)31-14-15(2)3)12-20-16(4)25-26(23(20)27)19-9-7-18(8-10-19)24(28)29/h6-13,15H,5,14H2,1-4H3,(H,28,29)/b20-12+. The van der Waals surface area contributed by atoms with Crippen LogP contribution < -0.4 is 14.5 Å². The Kier molecular flexibility index (Phi) is 6.74. The smallest absolute Gasteiger partial charge is 0.335 e. The summed E-state index contributed by atoms with van der Waals surface area (Å²) < 4.78 is 11.6. The minimum absolute atomic E-state index is 0.148. The number of rotatable bonds is 8. The van der Waals surface area contributed by atoms with E-state index in [1.54, 1.807) is 25.1 Å². The van der Waals surface area contributed by atoms with Crippen LogP contribution in [0.25, 0.3) is 6.08 Å². The minimum atomic E-state index is -1.02. The summed E-state index contributed by atoms with van der Waals surface area (Å²) in [7, 11) is 0. The van der Waals surface area contributed by atoms with Gasteiger partial charge in [0.1, 0.15) is 0 Å². The van der Waals surface area contributed by atoms with Gasteiger partial charge in [0, 0.05) is 0 Å². The molecule has 3 rings (SSSR count). The van der Waals surface area contributed by atoms with Crippen LogP contribution in [-0.4, -0.2) is 35.9 Å². The number of carbonyl (C=O) groups excluding carboxylic acids is 1. The molecule has 0 aliphatic carbocycles. The molecule has 0 fully saturated rings. The van der Waals surface area contributed by atoms with Crippen LogP contribution in [0.3, 0.4) is 0 Å². The monoisotopic (exact) mass is 422 g/mol. The van der Waals surface area contributed by atoms with Crippen LogP contribution in [0.2, 0.25) is 0 Å². The lowest BCUT2D eigenvalue weighted by Crippen LogP contribution is -2.21. The number of ether oxygens (including phenoxy) is 2. The molecule has 1 aliphatic heterocycles. The fraction of sp³-hybridized carbons (Fsp3) is 0.292. The molecule has 0 spiro atoms. The highest BCUT2D eigenvalue weighted by Gasteiger charge is 2.29. The fourth-order valence-corrected chi connectivity index (χ4v) is 3.03. The number of nitrogens with zero attached hydrogens (tertiary/aromatic N) is 2. The largest absolute Gasteiger partial charge is 0.490 e. The summed E-state index contributed by atoms with van der Waals surface area (Å²) in [5, 5.41) is 14.7. The van der Waals surface area contributed by atoms with Gasteiger partial charge in [0.15, 0.2) is 11.5 Å². The van der Waals surface area contributed by atoms with Crippen molar-refractivity contribution < 1.29 is 24.2 Å². The Morgan fingerprint density at radius 1 is 1.13 bits per heavy atom. The molecule has 7 heteroatoms. The Labute approximate surface area is 181 Å². The van der Waals surface area contributed by atoms with Crippen molar-refractivity contribution in [2.24, 2.45) is 11.0 Å². The van der Waals surface area contributed by atoms with Crippen molar-refractivity contribution in [3.8, 4) is 11.5 Å². The van der Waals surface area contributed by atoms with Crippen LogP contribution in [0.1, 0.15) is 43.6 Å². The molecule has 0 aromatic heterocycles. The van der Waals surface area contributed by atoms with Gasteiger partial charge < -0.3 is 14.6 Å². The minimum Gasteiger partial charge on any atom is -0.490 e. The first-order valence-corrected chi connectivity index (χ1v) is 10.1. The second-order valence-corrected chi connectivity index (χ2v) is 7.56. The molecule has 1 aliphatic rings. The average Bonchev–Trinajstić information content (AvgIpc) is 3.01. The lowest BCUT2D eigenvalue weighted by atomic mass is 10.1. The van der Waals surface area contributed by atoms with Crippen LogP contribution in [0.4, 0.5) is 5.69 Å². The van der Waals surface area contributed by atoms with Crippen LogP contribution in [-0.2, 0) is 4.79 Å². The molecule has 1 N–H and O–H groups in total. The van der Waals surface area contributed by atoms with Crippen molar-refractivity contribution in [1.82, 2.24) is 0 Å². The number of carboxylic acid groups (broad SMARTS) is 1. The van der Waals surface area contributed by atoms with Gasteiger partial charge in [-0.2, -0.15) is 10.1 Å². The predicted octanol–water partition coefficient (Wildman–Crippen LogP) is 4.62. The molecule has 0 saturated heterocycles. The van der Waals surface area contributed by atoms with Gasteiger partial charge in [0.05, 0.1) is 35.7 Å². The molecule has 1 heterocycles. The third-order valence-electron chi connectivity index (χ3n) is 4.57. The number of hydrazone groups is 1. The predicted molar refractivity (Wildman–Crippen MR) is 120 cm³/mol. The zero-order valence-electron chi connectivity index (χ0n) is 18.1. The third-order valence-corrected chi connectivity index (χ3v) is 4.57. The molecule has 2 aromatic carbocycles. The van der Waals surface area contributed by atoms with Crippen LogP contribution >= 0.6 is 0 Å². The first-order valence-electron chi connectivity index (χ1n) is 10.1. The highest BCUT2D eigenvalue weighted by Crippen LogP contribution is 2.31. The lowest BCUT2D eigenvalue weighted by molar-refractivity contribution is -0.114. The highest BCUT2D eigenvalue weighted by molar-refractivity contribution is 6.32. The summed E-state index contributed by atoms with van der Waals surface area (Å²) >= 11 is 0. The molecular weight excluding hydrogens is 396 g/mol. The number of aromatic carboxylic acids is 1. The molecule has 0 unspecified atom stereocenters. The average molecular weight is 422 g/mol. The molecule has 0 radical (unpaired) electrons. The van der Waals surface area contributed by atoms with E-state index in [9.17, 15) is 9.59 Å². The zero-order valence-corrected chi connectivity index (χ0v) is 18.1. The second-order valence-electron chi connectivity index (χ2n) is 7.56. The number of hydrogen-bond acceptors (Lipinski definition) is 5. The van der Waals surface area contributed by atoms with Crippen molar-refractivity contribution in [2.45, 2.75) is 27.7 Å². The van der Waals surface area contributed by atoms with Gasteiger partial charge in [-0.3, -0.25) is 4.79 Å². The van der Waals surface area contributed by atoms with E-state index in [1.807, 2.05) is 25.1 Å². The first-order chi connectivity index (χ1) is 14.8. The van der Waals surface area contributed by atoms with Gasteiger partial charge in [-0.15, -0.1) is 0 Å². The Morgan fingerprint density at radius 3 is 2.45 bits per heavy atom. The molecule has 0 saturated carbocycles. The number of hydrogen-bond donors (Lipinski definition) is 1. The fourth-order valence-electron chi connectivity index (χ4n) is 3.03. The van der Waals surface area contributed by atoms with Gasteiger partial charge in [0.25, 0.3) is 5.91 Å². The maximum absolute atomic E-state index is 13.0. The number of anilines is 1. The molecule has 0 atom stereocenters. The van der Waals surface area contributed by atoms with Gasteiger partial charge in [-0.25, -0.2) is 4.79 Å². The van der Waals surface area contributed by atoms with E-state index in [0.29, 0.717) is 47.6 Å². The molecule has 0 bridgehead atoms. The molecular formula is C24H26N2O5. The van der Waals surface area contributed by atoms with E-state index in [4.69, 9.17) is 14.6 Å². The van der Waals surface area contributed by atoms with Gasteiger partial charge >= 0.3 is 5.97 Å². The van der Waals surface area contributed by atoms with Crippen molar-refractivity contribution in [1.29, 1.82) is 0 Å².